The summed E-state index contributed by atoms with van der Waals surface area (Å²) in [4.78, 5) is 4.53. The Bertz CT molecular complexity index is 764. The van der Waals surface area contributed by atoms with E-state index in [1.807, 2.05) is 43.3 Å². The predicted octanol–water partition coefficient (Wildman–Crippen LogP) is 4.89. The van der Waals surface area contributed by atoms with Crippen molar-refractivity contribution in [1.29, 1.82) is 0 Å². The number of hydrogen-bond donors (Lipinski definition) is 1. The van der Waals surface area contributed by atoms with E-state index in [-0.39, 0.29) is 0 Å². The Morgan fingerprint density at radius 1 is 1.20 bits per heavy atom. The number of nitrogens with one attached hydrogen (secondary N) is 1. The second kappa shape index (κ2) is 5.17. The van der Waals surface area contributed by atoms with Gasteiger partial charge in [0.05, 0.1) is 0 Å². The number of halogens is 1. The van der Waals surface area contributed by atoms with Crippen molar-refractivity contribution < 1.29 is 4.42 Å². The summed E-state index contributed by atoms with van der Waals surface area (Å²) < 4.78 is 5.78. The van der Waals surface area contributed by atoms with E-state index in [9.17, 15) is 0 Å². The lowest BCUT2D eigenvalue weighted by atomic mass is 10.1. The summed E-state index contributed by atoms with van der Waals surface area (Å²) >= 11 is 6.15. The molecule has 1 aromatic heterocycles. The van der Waals surface area contributed by atoms with Crippen LogP contribution in [0.15, 0.2) is 40.8 Å². The van der Waals surface area contributed by atoms with Crippen LogP contribution in [0, 0.1) is 6.92 Å². The second-order valence-electron chi connectivity index (χ2n) is 4.70. The summed E-state index contributed by atoms with van der Waals surface area (Å²) in [5.41, 5.74) is 4.60. The van der Waals surface area contributed by atoms with Gasteiger partial charge in [-0.25, -0.2) is 4.98 Å². The average Bonchev–Trinajstić information content (AvgIpc) is 2.85. The molecule has 0 fully saturated rings. The molecule has 0 aliphatic heterocycles. The van der Waals surface area contributed by atoms with Crippen molar-refractivity contribution in [2.45, 2.75) is 13.8 Å². The van der Waals surface area contributed by atoms with Crippen molar-refractivity contribution in [3.8, 4) is 11.5 Å². The Hall–Kier alpha value is -2.00. The molecule has 0 saturated carbocycles. The molecule has 0 unspecified atom stereocenters. The Morgan fingerprint density at radius 3 is 2.80 bits per heavy atom. The normalized spacial score (nSPS) is 10.9. The number of benzene rings is 2. The summed E-state index contributed by atoms with van der Waals surface area (Å²) in [6.07, 6.45) is 0. The van der Waals surface area contributed by atoms with Crippen molar-refractivity contribution in [2.75, 3.05) is 11.9 Å². The van der Waals surface area contributed by atoms with Crippen LogP contribution in [-0.4, -0.2) is 11.5 Å². The molecule has 3 aromatic rings. The number of hydrogen-bond acceptors (Lipinski definition) is 3. The molecule has 0 radical (unpaired) electrons. The SMILES string of the molecule is CCNc1ccc2oc(-c3ccc(C)c(Cl)c3)nc2c1. The monoisotopic (exact) mass is 286 g/mol. The molecule has 0 aliphatic carbocycles. The number of nitrogens with zero attached hydrogens (tertiary/aromatic N) is 1. The topological polar surface area (TPSA) is 38.1 Å². The minimum absolute atomic E-state index is 0.593. The first-order chi connectivity index (χ1) is 9.67. The molecule has 0 spiro atoms. The van der Waals surface area contributed by atoms with Crippen LogP contribution in [0.25, 0.3) is 22.6 Å². The van der Waals surface area contributed by atoms with Crippen LogP contribution in [0.5, 0.6) is 0 Å². The van der Waals surface area contributed by atoms with Crippen LogP contribution < -0.4 is 5.32 Å². The van der Waals surface area contributed by atoms with Crippen molar-refractivity contribution in [2.24, 2.45) is 0 Å². The lowest BCUT2D eigenvalue weighted by Gasteiger charge is -2.00. The Labute approximate surface area is 122 Å². The average molecular weight is 287 g/mol. The highest BCUT2D eigenvalue weighted by molar-refractivity contribution is 6.31. The van der Waals surface area contributed by atoms with Crippen molar-refractivity contribution in [3.05, 3.63) is 47.0 Å². The van der Waals surface area contributed by atoms with E-state index in [2.05, 4.69) is 17.2 Å². The third-order valence-electron chi connectivity index (χ3n) is 3.19. The molecule has 0 aliphatic rings. The highest BCUT2D eigenvalue weighted by Gasteiger charge is 2.09. The maximum absolute atomic E-state index is 6.15. The quantitative estimate of drug-likeness (QED) is 0.745. The number of rotatable bonds is 3. The fourth-order valence-corrected chi connectivity index (χ4v) is 2.27. The first-order valence-electron chi connectivity index (χ1n) is 6.58. The van der Waals surface area contributed by atoms with E-state index in [4.69, 9.17) is 16.0 Å². The third-order valence-corrected chi connectivity index (χ3v) is 3.59. The van der Waals surface area contributed by atoms with Gasteiger partial charge in [-0.1, -0.05) is 17.7 Å². The highest BCUT2D eigenvalue weighted by atomic mass is 35.5. The Kier molecular flexibility index (Phi) is 3.36. The second-order valence-corrected chi connectivity index (χ2v) is 5.10. The molecule has 0 bridgehead atoms. The van der Waals surface area contributed by atoms with Crippen LogP contribution >= 0.6 is 11.6 Å². The molecule has 0 saturated heterocycles. The van der Waals surface area contributed by atoms with Gasteiger partial charge in [0.1, 0.15) is 5.52 Å². The van der Waals surface area contributed by atoms with E-state index >= 15 is 0 Å². The fourth-order valence-electron chi connectivity index (χ4n) is 2.09. The van der Waals surface area contributed by atoms with Gasteiger partial charge >= 0.3 is 0 Å². The molecule has 20 heavy (non-hydrogen) atoms. The smallest absolute Gasteiger partial charge is 0.227 e. The van der Waals surface area contributed by atoms with Crippen molar-refractivity contribution >= 4 is 28.4 Å². The number of aromatic nitrogens is 1. The predicted molar refractivity (Wildman–Crippen MR) is 83.4 cm³/mol. The van der Waals surface area contributed by atoms with Gasteiger partial charge in [0.15, 0.2) is 5.58 Å². The molecule has 1 N–H and O–H groups in total. The molecule has 102 valence electrons. The third kappa shape index (κ3) is 2.37. The molecular formula is C16H15ClN2O. The lowest BCUT2D eigenvalue weighted by molar-refractivity contribution is 0.620. The number of aryl methyl sites for hydroxylation is 1. The van der Waals surface area contributed by atoms with Gasteiger partial charge in [-0.3, -0.25) is 0 Å². The standard InChI is InChI=1S/C16H15ClN2O/c1-3-18-12-6-7-15-14(9-12)19-16(20-15)11-5-4-10(2)13(17)8-11/h4-9,18H,3H2,1-2H3. The summed E-state index contributed by atoms with van der Waals surface area (Å²) in [5, 5.41) is 3.98. The summed E-state index contributed by atoms with van der Waals surface area (Å²) in [6.45, 7) is 4.91. The van der Waals surface area contributed by atoms with E-state index in [1.54, 1.807) is 0 Å². The van der Waals surface area contributed by atoms with Gasteiger partial charge in [0, 0.05) is 22.8 Å². The Morgan fingerprint density at radius 2 is 2.05 bits per heavy atom. The summed E-state index contributed by atoms with van der Waals surface area (Å²) in [5.74, 6) is 0.593. The van der Waals surface area contributed by atoms with Gasteiger partial charge in [0.2, 0.25) is 5.89 Å². The fraction of sp³-hybridized carbons (Fsp3) is 0.188. The van der Waals surface area contributed by atoms with Gasteiger partial charge in [-0.05, 0) is 49.7 Å². The zero-order chi connectivity index (χ0) is 14.1. The van der Waals surface area contributed by atoms with Crippen LogP contribution in [0.4, 0.5) is 5.69 Å². The van der Waals surface area contributed by atoms with Gasteiger partial charge < -0.3 is 9.73 Å². The highest BCUT2D eigenvalue weighted by Crippen LogP contribution is 2.28. The van der Waals surface area contributed by atoms with Crippen LogP contribution in [0.3, 0.4) is 0 Å². The van der Waals surface area contributed by atoms with Crippen LogP contribution in [0.1, 0.15) is 12.5 Å². The van der Waals surface area contributed by atoms with E-state index < -0.39 is 0 Å². The Balaban J connectivity index is 2.05. The van der Waals surface area contributed by atoms with Crippen LogP contribution in [-0.2, 0) is 0 Å². The van der Waals surface area contributed by atoms with Gasteiger partial charge in [-0.2, -0.15) is 0 Å². The minimum atomic E-state index is 0.593. The molecule has 3 nitrogen and oxygen atoms in total. The van der Waals surface area contributed by atoms with Crippen molar-refractivity contribution in [3.63, 3.8) is 0 Å². The van der Waals surface area contributed by atoms with E-state index in [0.29, 0.717) is 5.89 Å². The molecule has 3 rings (SSSR count). The van der Waals surface area contributed by atoms with Crippen molar-refractivity contribution in [1.82, 2.24) is 4.98 Å². The maximum atomic E-state index is 6.15. The number of anilines is 1. The number of oxazole rings is 1. The largest absolute Gasteiger partial charge is 0.436 e. The molecule has 2 aromatic carbocycles. The van der Waals surface area contributed by atoms with Crippen LogP contribution in [0.2, 0.25) is 5.02 Å². The van der Waals surface area contributed by atoms with E-state index in [1.165, 1.54) is 0 Å². The van der Waals surface area contributed by atoms with E-state index in [0.717, 1.165) is 39.5 Å². The molecular weight excluding hydrogens is 272 g/mol. The number of fused-ring (bicyclic) bond motifs is 1. The first kappa shape index (κ1) is 13.0. The maximum Gasteiger partial charge on any atom is 0.227 e. The zero-order valence-electron chi connectivity index (χ0n) is 11.4. The molecule has 0 amide bonds. The lowest BCUT2D eigenvalue weighted by Crippen LogP contribution is -1.95. The molecule has 4 heteroatoms. The summed E-state index contributed by atoms with van der Waals surface area (Å²) in [7, 11) is 0. The first-order valence-corrected chi connectivity index (χ1v) is 6.96. The summed E-state index contributed by atoms with van der Waals surface area (Å²) in [6, 6.07) is 11.7. The van der Waals surface area contributed by atoms with Gasteiger partial charge in [-0.15, -0.1) is 0 Å². The zero-order valence-corrected chi connectivity index (χ0v) is 12.2. The molecule has 0 atom stereocenters. The molecule has 1 heterocycles. The minimum Gasteiger partial charge on any atom is -0.436 e. The van der Waals surface area contributed by atoms with Gasteiger partial charge in [0.25, 0.3) is 0 Å².